The molecule has 7 heteroatoms. The van der Waals surface area contributed by atoms with Crippen LogP contribution in [0.2, 0.25) is 0 Å². The monoisotopic (exact) mass is 329 g/mol. The molecule has 0 saturated carbocycles. The van der Waals surface area contributed by atoms with Crippen LogP contribution in [-0.4, -0.2) is 41.2 Å². The van der Waals surface area contributed by atoms with Gasteiger partial charge in [-0.05, 0) is 25.0 Å². The van der Waals surface area contributed by atoms with Crippen LogP contribution < -0.4 is 14.4 Å². The number of carboxylic acids is 1. The van der Waals surface area contributed by atoms with E-state index >= 15 is 0 Å². The number of nitrogens with zero attached hydrogens (tertiary/aromatic N) is 3. The number of aromatic nitrogens is 2. The molecule has 1 N–H and O–H groups in total. The molecule has 0 atom stereocenters. The van der Waals surface area contributed by atoms with Crippen LogP contribution in [0.15, 0.2) is 30.5 Å². The Bertz CT molecular complexity index is 730. The first-order chi connectivity index (χ1) is 11.7. The number of para-hydroxylation sites is 2. The second kappa shape index (κ2) is 7.16. The van der Waals surface area contributed by atoms with Crippen molar-refractivity contribution >= 4 is 11.8 Å². The first kappa shape index (κ1) is 16.0. The van der Waals surface area contributed by atoms with Crippen molar-refractivity contribution in [3.8, 4) is 11.5 Å². The van der Waals surface area contributed by atoms with Crippen LogP contribution in [0.25, 0.3) is 0 Å². The smallest absolute Gasteiger partial charge is 0.341 e. The second-order valence-electron chi connectivity index (χ2n) is 5.46. The molecule has 0 unspecified atom stereocenters. The third-order valence-electron chi connectivity index (χ3n) is 3.88. The maximum Gasteiger partial charge on any atom is 0.341 e. The minimum Gasteiger partial charge on any atom is -0.493 e. The van der Waals surface area contributed by atoms with E-state index in [1.165, 1.54) is 6.20 Å². The number of hydrogen-bond acceptors (Lipinski definition) is 6. The van der Waals surface area contributed by atoms with Crippen LogP contribution in [0, 0.1) is 0 Å². The minimum absolute atomic E-state index is 0.123. The lowest BCUT2D eigenvalue weighted by Crippen LogP contribution is -2.23. The van der Waals surface area contributed by atoms with Gasteiger partial charge in [-0.15, -0.1) is 0 Å². The highest BCUT2D eigenvalue weighted by atomic mass is 16.5. The van der Waals surface area contributed by atoms with E-state index in [0.29, 0.717) is 23.1 Å². The van der Waals surface area contributed by atoms with Gasteiger partial charge in [-0.25, -0.2) is 14.8 Å². The minimum atomic E-state index is -1.02. The largest absolute Gasteiger partial charge is 0.493 e. The summed E-state index contributed by atoms with van der Waals surface area (Å²) >= 11 is 0. The van der Waals surface area contributed by atoms with Gasteiger partial charge in [0.25, 0.3) is 0 Å². The zero-order chi connectivity index (χ0) is 16.9. The molecule has 7 nitrogen and oxygen atoms in total. The fourth-order valence-corrected chi connectivity index (χ4v) is 2.68. The maximum absolute atomic E-state index is 11.4. The molecule has 1 aromatic carbocycles. The Morgan fingerprint density at radius 2 is 1.96 bits per heavy atom. The SMILES string of the molecule is COc1ccccc1OCc1ncc(C(=O)O)c(N2CCCC2)n1. The van der Waals surface area contributed by atoms with Gasteiger partial charge in [-0.1, -0.05) is 12.1 Å². The summed E-state index contributed by atoms with van der Waals surface area (Å²) in [6.07, 6.45) is 3.43. The maximum atomic E-state index is 11.4. The summed E-state index contributed by atoms with van der Waals surface area (Å²) in [5, 5.41) is 9.34. The zero-order valence-corrected chi connectivity index (χ0v) is 13.4. The Hall–Kier alpha value is -2.83. The third kappa shape index (κ3) is 3.40. The average Bonchev–Trinajstić information content (AvgIpc) is 3.14. The van der Waals surface area contributed by atoms with E-state index in [4.69, 9.17) is 9.47 Å². The zero-order valence-electron chi connectivity index (χ0n) is 13.4. The molecule has 2 aromatic rings. The summed E-state index contributed by atoms with van der Waals surface area (Å²) in [6, 6.07) is 7.31. The van der Waals surface area contributed by atoms with Crippen LogP contribution in [-0.2, 0) is 6.61 Å². The van der Waals surface area contributed by atoms with Crippen molar-refractivity contribution in [2.75, 3.05) is 25.1 Å². The normalized spacial score (nSPS) is 13.8. The van der Waals surface area contributed by atoms with Crippen molar-refractivity contribution in [3.63, 3.8) is 0 Å². The molecule has 0 amide bonds. The number of rotatable bonds is 6. The van der Waals surface area contributed by atoms with Gasteiger partial charge >= 0.3 is 5.97 Å². The van der Waals surface area contributed by atoms with E-state index in [1.54, 1.807) is 19.2 Å². The lowest BCUT2D eigenvalue weighted by atomic mass is 10.3. The van der Waals surface area contributed by atoms with Crippen LogP contribution in [0.4, 0.5) is 5.82 Å². The third-order valence-corrected chi connectivity index (χ3v) is 3.88. The fraction of sp³-hybridized carbons (Fsp3) is 0.353. The highest BCUT2D eigenvalue weighted by Gasteiger charge is 2.22. The fourth-order valence-electron chi connectivity index (χ4n) is 2.68. The van der Waals surface area contributed by atoms with E-state index < -0.39 is 5.97 Å². The van der Waals surface area contributed by atoms with Crippen LogP contribution >= 0.6 is 0 Å². The molecule has 1 aliphatic rings. The van der Waals surface area contributed by atoms with E-state index in [-0.39, 0.29) is 12.2 Å². The summed E-state index contributed by atoms with van der Waals surface area (Å²) in [4.78, 5) is 21.9. The van der Waals surface area contributed by atoms with E-state index in [0.717, 1.165) is 25.9 Å². The van der Waals surface area contributed by atoms with Gasteiger partial charge in [0.1, 0.15) is 18.0 Å². The summed E-state index contributed by atoms with van der Waals surface area (Å²) in [6.45, 7) is 1.76. The Labute approximate surface area is 139 Å². The molecule has 3 rings (SSSR count). The van der Waals surface area contributed by atoms with Crippen molar-refractivity contribution in [3.05, 3.63) is 41.9 Å². The number of methoxy groups -OCH3 is 1. The molecular formula is C17H19N3O4. The second-order valence-corrected chi connectivity index (χ2v) is 5.46. The van der Waals surface area contributed by atoms with Crippen LogP contribution in [0.1, 0.15) is 29.0 Å². The molecule has 1 fully saturated rings. The van der Waals surface area contributed by atoms with Crippen molar-refractivity contribution in [2.24, 2.45) is 0 Å². The first-order valence-corrected chi connectivity index (χ1v) is 7.79. The number of aromatic carboxylic acids is 1. The van der Waals surface area contributed by atoms with E-state index in [2.05, 4.69) is 9.97 Å². The molecule has 0 spiro atoms. The molecule has 1 aromatic heterocycles. The Balaban J connectivity index is 1.81. The summed E-state index contributed by atoms with van der Waals surface area (Å²) < 4.78 is 11.0. The average molecular weight is 329 g/mol. The first-order valence-electron chi connectivity index (χ1n) is 7.79. The highest BCUT2D eigenvalue weighted by molar-refractivity contribution is 5.93. The predicted octanol–water partition coefficient (Wildman–Crippen LogP) is 2.36. The number of carbonyl (C=O) groups is 1. The van der Waals surface area contributed by atoms with Gasteiger partial charge in [-0.3, -0.25) is 0 Å². The van der Waals surface area contributed by atoms with Crippen molar-refractivity contribution in [2.45, 2.75) is 19.4 Å². The predicted molar refractivity (Wildman–Crippen MR) is 87.8 cm³/mol. The molecule has 0 aliphatic carbocycles. The topological polar surface area (TPSA) is 84.8 Å². The van der Waals surface area contributed by atoms with Crippen molar-refractivity contribution in [1.29, 1.82) is 0 Å². The summed E-state index contributed by atoms with van der Waals surface area (Å²) in [5.74, 6) is 1.10. The molecule has 24 heavy (non-hydrogen) atoms. The molecule has 1 saturated heterocycles. The van der Waals surface area contributed by atoms with Gasteiger partial charge in [0.05, 0.1) is 7.11 Å². The lowest BCUT2D eigenvalue weighted by Gasteiger charge is -2.19. The number of hydrogen-bond donors (Lipinski definition) is 1. The van der Waals surface area contributed by atoms with Crippen LogP contribution in [0.5, 0.6) is 11.5 Å². The highest BCUT2D eigenvalue weighted by Crippen LogP contribution is 2.27. The van der Waals surface area contributed by atoms with Gasteiger partial charge in [0.15, 0.2) is 17.3 Å². The number of ether oxygens (including phenoxy) is 2. The van der Waals surface area contributed by atoms with Gasteiger partial charge in [0.2, 0.25) is 0 Å². The number of carboxylic acid groups (broad SMARTS) is 1. The van der Waals surface area contributed by atoms with Crippen molar-refractivity contribution in [1.82, 2.24) is 9.97 Å². The standard InChI is InChI=1S/C17H19N3O4/c1-23-13-6-2-3-7-14(13)24-11-15-18-10-12(17(21)22)16(19-15)20-8-4-5-9-20/h2-3,6-7,10H,4-5,8-9,11H2,1H3,(H,21,22). The quantitative estimate of drug-likeness (QED) is 0.870. The lowest BCUT2D eigenvalue weighted by molar-refractivity contribution is 0.0696. The van der Waals surface area contributed by atoms with Crippen molar-refractivity contribution < 1.29 is 19.4 Å². The van der Waals surface area contributed by atoms with Gasteiger partial charge in [0, 0.05) is 19.3 Å². The summed E-state index contributed by atoms with van der Waals surface area (Å²) in [7, 11) is 1.58. The molecule has 0 bridgehead atoms. The van der Waals surface area contributed by atoms with Gasteiger partial charge < -0.3 is 19.5 Å². The molecular weight excluding hydrogens is 310 g/mol. The van der Waals surface area contributed by atoms with E-state index in [1.807, 2.05) is 17.0 Å². The Morgan fingerprint density at radius 3 is 2.62 bits per heavy atom. The Morgan fingerprint density at radius 1 is 1.25 bits per heavy atom. The molecule has 126 valence electrons. The van der Waals surface area contributed by atoms with E-state index in [9.17, 15) is 9.90 Å². The summed E-state index contributed by atoms with van der Waals surface area (Å²) in [5.41, 5.74) is 0.123. The molecule has 0 radical (unpaired) electrons. The van der Waals surface area contributed by atoms with Crippen LogP contribution in [0.3, 0.4) is 0 Å². The molecule has 2 heterocycles. The molecule has 1 aliphatic heterocycles. The number of benzene rings is 1. The Kier molecular flexibility index (Phi) is 4.79. The van der Waals surface area contributed by atoms with Gasteiger partial charge in [-0.2, -0.15) is 0 Å². The number of anilines is 1.